The van der Waals surface area contributed by atoms with Crippen LogP contribution in [0.1, 0.15) is 12.0 Å². The number of benzene rings is 1. The number of carbonyl (C=O) groups excluding carboxylic acids is 1. The van der Waals surface area contributed by atoms with Gasteiger partial charge in [-0.2, -0.15) is 11.8 Å². The van der Waals surface area contributed by atoms with Crippen LogP contribution in [0.3, 0.4) is 0 Å². The number of amides is 1. The van der Waals surface area contributed by atoms with Crippen LogP contribution >= 0.6 is 11.8 Å². The Labute approximate surface area is 135 Å². The van der Waals surface area contributed by atoms with E-state index in [0.717, 1.165) is 17.1 Å². The fourth-order valence-electron chi connectivity index (χ4n) is 2.57. The van der Waals surface area contributed by atoms with E-state index in [9.17, 15) is 14.3 Å². The van der Waals surface area contributed by atoms with E-state index in [-0.39, 0.29) is 17.8 Å². The summed E-state index contributed by atoms with van der Waals surface area (Å²) in [6, 6.07) is 6.46. The first-order valence-electron chi connectivity index (χ1n) is 7.42. The summed E-state index contributed by atoms with van der Waals surface area (Å²) in [6.45, 7) is 1.01. The van der Waals surface area contributed by atoms with Crippen LogP contribution in [0.2, 0.25) is 0 Å². The molecule has 1 N–H and O–H groups in total. The van der Waals surface area contributed by atoms with E-state index in [2.05, 4.69) is 0 Å². The van der Waals surface area contributed by atoms with Crippen molar-refractivity contribution in [3.05, 3.63) is 35.6 Å². The molecule has 1 aliphatic rings. The first-order valence-corrected chi connectivity index (χ1v) is 8.57. The lowest BCUT2D eigenvalue weighted by Crippen LogP contribution is -2.38. The Hall–Kier alpha value is -1.11. The summed E-state index contributed by atoms with van der Waals surface area (Å²) in [7, 11) is 3.83. The van der Waals surface area contributed by atoms with Crippen molar-refractivity contribution >= 4 is 17.7 Å². The number of likely N-dealkylation sites (tertiary alicyclic amines) is 1. The number of β-amino-alcohol motifs (C(OH)–C–C–N with tert-alkyl or cyclic N) is 1. The lowest BCUT2D eigenvalue weighted by Gasteiger charge is -2.21. The average Bonchev–Trinajstić information content (AvgIpc) is 2.87. The molecule has 1 saturated heterocycles. The Balaban J connectivity index is 1.69. The Morgan fingerprint density at radius 2 is 2.05 bits per heavy atom. The van der Waals surface area contributed by atoms with Gasteiger partial charge in [0.2, 0.25) is 5.91 Å². The van der Waals surface area contributed by atoms with Crippen molar-refractivity contribution in [2.75, 3.05) is 32.9 Å². The van der Waals surface area contributed by atoms with Gasteiger partial charge in [0, 0.05) is 31.0 Å². The Morgan fingerprint density at radius 1 is 1.36 bits per heavy atom. The largest absolute Gasteiger partial charge is 0.390 e. The second-order valence-corrected chi connectivity index (χ2v) is 6.93. The second kappa shape index (κ2) is 7.94. The number of hydrogen-bond acceptors (Lipinski definition) is 4. The number of thioether (sulfide) groups is 1. The molecule has 0 spiro atoms. The molecule has 22 heavy (non-hydrogen) atoms. The molecule has 2 atom stereocenters. The average molecular weight is 326 g/mol. The zero-order valence-corrected chi connectivity index (χ0v) is 13.9. The van der Waals surface area contributed by atoms with Gasteiger partial charge in [-0.05, 0) is 31.8 Å². The molecule has 0 bridgehead atoms. The molecule has 0 saturated carbocycles. The number of hydrogen-bond donors (Lipinski definition) is 1. The highest BCUT2D eigenvalue weighted by molar-refractivity contribution is 7.98. The van der Waals surface area contributed by atoms with Crippen molar-refractivity contribution in [1.29, 1.82) is 0 Å². The van der Waals surface area contributed by atoms with Gasteiger partial charge in [0.25, 0.3) is 0 Å². The van der Waals surface area contributed by atoms with Crippen LogP contribution in [-0.4, -0.2) is 65.9 Å². The highest BCUT2D eigenvalue weighted by Gasteiger charge is 2.34. The van der Waals surface area contributed by atoms with Gasteiger partial charge < -0.3 is 14.9 Å². The smallest absolute Gasteiger partial charge is 0.223 e. The third kappa shape index (κ3) is 4.69. The summed E-state index contributed by atoms with van der Waals surface area (Å²) in [4.78, 5) is 15.9. The van der Waals surface area contributed by atoms with E-state index >= 15 is 0 Å². The standard InChI is InChI=1S/C16H23FN2O2S/c1-18(2)14-9-19(10-15(14)20)16(21)7-8-22-11-12-3-5-13(17)6-4-12/h3-6,14-15,20H,7-11H2,1-2H3/t14-,15-/m0/s1. The van der Waals surface area contributed by atoms with Crippen molar-refractivity contribution in [3.8, 4) is 0 Å². The predicted molar refractivity (Wildman–Crippen MR) is 87.2 cm³/mol. The van der Waals surface area contributed by atoms with E-state index in [1.807, 2.05) is 19.0 Å². The van der Waals surface area contributed by atoms with Crippen LogP contribution in [0, 0.1) is 5.82 Å². The van der Waals surface area contributed by atoms with Gasteiger partial charge in [0.05, 0.1) is 12.1 Å². The zero-order chi connectivity index (χ0) is 16.1. The third-order valence-electron chi connectivity index (χ3n) is 3.92. The molecule has 6 heteroatoms. The number of rotatable bonds is 6. The number of aliphatic hydroxyl groups is 1. The molecule has 1 amide bonds. The summed E-state index contributed by atoms with van der Waals surface area (Å²) >= 11 is 1.66. The SMILES string of the molecule is CN(C)[C@H]1CN(C(=O)CCSCc2ccc(F)cc2)C[C@@H]1O. The number of aliphatic hydroxyl groups excluding tert-OH is 1. The number of halogens is 1. The van der Waals surface area contributed by atoms with E-state index in [0.29, 0.717) is 19.5 Å². The molecule has 1 heterocycles. The van der Waals surface area contributed by atoms with Crippen molar-refractivity contribution < 1.29 is 14.3 Å². The van der Waals surface area contributed by atoms with Crippen LogP contribution in [0.25, 0.3) is 0 Å². The van der Waals surface area contributed by atoms with Gasteiger partial charge in [0.15, 0.2) is 0 Å². The van der Waals surface area contributed by atoms with Crippen molar-refractivity contribution in [2.24, 2.45) is 0 Å². The highest BCUT2D eigenvalue weighted by Crippen LogP contribution is 2.18. The van der Waals surface area contributed by atoms with Crippen LogP contribution in [0.5, 0.6) is 0 Å². The Kier molecular flexibility index (Phi) is 6.23. The Bertz CT molecular complexity index is 495. The van der Waals surface area contributed by atoms with Crippen molar-refractivity contribution in [3.63, 3.8) is 0 Å². The lowest BCUT2D eigenvalue weighted by atomic mass is 10.2. The summed E-state index contributed by atoms with van der Waals surface area (Å²) in [5, 5.41) is 9.95. The van der Waals surface area contributed by atoms with E-state index in [1.54, 1.807) is 28.8 Å². The maximum atomic E-state index is 12.8. The monoisotopic (exact) mass is 326 g/mol. The minimum atomic E-state index is -0.467. The molecular formula is C16H23FN2O2S. The molecule has 0 unspecified atom stereocenters. The van der Waals surface area contributed by atoms with Crippen LogP contribution < -0.4 is 0 Å². The molecule has 1 aromatic rings. The minimum absolute atomic E-state index is 0.0239. The summed E-state index contributed by atoms with van der Waals surface area (Å²) < 4.78 is 12.8. The van der Waals surface area contributed by atoms with Crippen LogP contribution in [0.15, 0.2) is 24.3 Å². The molecular weight excluding hydrogens is 303 g/mol. The van der Waals surface area contributed by atoms with Gasteiger partial charge >= 0.3 is 0 Å². The first-order chi connectivity index (χ1) is 10.5. The quantitative estimate of drug-likeness (QED) is 0.806. The van der Waals surface area contributed by atoms with Crippen molar-refractivity contribution in [1.82, 2.24) is 9.80 Å². The summed E-state index contributed by atoms with van der Waals surface area (Å²) in [6.07, 6.45) is 0.00413. The molecule has 0 aromatic heterocycles. The molecule has 1 aromatic carbocycles. The molecule has 122 valence electrons. The van der Waals surface area contributed by atoms with Gasteiger partial charge in [-0.3, -0.25) is 4.79 Å². The van der Waals surface area contributed by atoms with E-state index in [1.165, 1.54) is 12.1 Å². The molecule has 0 aliphatic carbocycles. The molecule has 4 nitrogen and oxygen atoms in total. The summed E-state index contributed by atoms with van der Waals surface area (Å²) in [5.74, 6) is 1.37. The fourth-order valence-corrected chi connectivity index (χ4v) is 3.46. The molecule has 0 radical (unpaired) electrons. The number of carbonyl (C=O) groups is 1. The molecule has 1 aliphatic heterocycles. The van der Waals surface area contributed by atoms with Gasteiger partial charge in [-0.25, -0.2) is 4.39 Å². The first kappa shape index (κ1) is 17.2. The molecule has 1 fully saturated rings. The van der Waals surface area contributed by atoms with E-state index < -0.39 is 6.10 Å². The zero-order valence-electron chi connectivity index (χ0n) is 13.0. The van der Waals surface area contributed by atoms with Crippen LogP contribution in [0.4, 0.5) is 4.39 Å². The predicted octanol–water partition coefficient (Wildman–Crippen LogP) is 1.58. The fraction of sp³-hybridized carbons (Fsp3) is 0.562. The van der Waals surface area contributed by atoms with Gasteiger partial charge in [-0.15, -0.1) is 0 Å². The van der Waals surface area contributed by atoms with Gasteiger partial charge in [0.1, 0.15) is 5.82 Å². The van der Waals surface area contributed by atoms with Crippen LogP contribution in [-0.2, 0) is 10.5 Å². The number of likely N-dealkylation sites (N-methyl/N-ethyl adjacent to an activating group) is 1. The van der Waals surface area contributed by atoms with Gasteiger partial charge in [-0.1, -0.05) is 12.1 Å². The number of nitrogens with zero attached hydrogens (tertiary/aromatic N) is 2. The minimum Gasteiger partial charge on any atom is -0.390 e. The second-order valence-electron chi connectivity index (χ2n) is 5.83. The van der Waals surface area contributed by atoms with Crippen molar-refractivity contribution in [2.45, 2.75) is 24.3 Å². The maximum Gasteiger partial charge on any atom is 0.223 e. The van der Waals surface area contributed by atoms with E-state index in [4.69, 9.17) is 0 Å². The normalized spacial score (nSPS) is 21.6. The third-order valence-corrected chi connectivity index (χ3v) is 4.95. The summed E-state index contributed by atoms with van der Waals surface area (Å²) in [5.41, 5.74) is 1.06. The maximum absolute atomic E-state index is 12.8. The topological polar surface area (TPSA) is 43.8 Å². The lowest BCUT2D eigenvalue weighted by molar-refractivity contribution is -0.130. The highest BCUT2D eigenvalue weighted by atomic mass is 32.2. The molecule has 2 rings (SSSR count). The Morgan fingerprint density at radius 3 is 2.64 bits per heavy atom.